The molecule has 3 heteroatoms. The van der Waals surface area contributed by atoms with Gasteiger partial charge in [-0.25, -0.2) is 0 Å². The molecule has 3 N–H and O–H groups in total. The number of hydrogen-bond donors (Lipinski definition) is 2. The van der Waals surface area contributed by atoms with Crippen molar-refractivity contribution >= 4 is 5.91 Å². The van der Waals surface area contributed by atoms with Crippen LogP contribution in [0, 0.1) is 17.8 Å². The maximum atomic E-state index is 11.8. The minimum absolute atomic E-state index is 0.283. The van der Waals surface area contributed by atoms with Gasteiger partial charge in [-0.15, -0.1) is 0 Å². The van der Waals surface area contributed by atoms with Gasteiger partial charge >= 0.3 is 0 Å². The molecule has 0 heterocycles. The van der Waals surface area contributed by atoms with Crippen molar-refractivity contribution < 1.29 is 4.79 Å². The Labute approximate surface area is 85.4 Å². The Hall–Kier alpha value is -0.570. The monoisotopic (exact) mass is 196 g/mol. The zero-order chi connectivity index (χ0) is 9.97. The summed E-state index contributed by atoms with van der Waals surface area (Å²) < 4.78 is 0. The minimum atomic E-state index is 0.283. The third kappa shape index (κ3) is 1.92. The van der Waals surface area contributed by atoms with Crippen molar-refractivity contribution in [2.24, 2.45) is 23.5 Å². The molecular formula is C11H20N2O. The van der Waals surface area contributed by atoms with E-state index in [4.69, 9.17) is 5.73 Å². The number of carbonyl (C=O) groups excluding carboxylic acids is 1. The fourth-order valence-corrected chi connectivity index (χ4v) is 3.01. The van der Waals surface area contributed by atoms with Crippen LogP contribution in [0.15, 0.2) is 0 Å². The molecule has 2 fully saturated rings. The fourth-order valence-electron chi connectivity index (χ4n) is 3.01. The first-order chi connectivity index (χ1) is 6.81. The summed E-state index contributed by atoms with van der Waals surface area (Å²) >= 11 is 0. The summed E-state index contributed by atoms with van der Waals surface area (Å²) in [6, 6.07) is 0. The molecule has 80 valence electrons. The molecule has 0 spiro atoms. The van der Waals surface area contributed by atoms with Crippen LogP contribution in [-0.4, -0.2) is 19.0 Å². The zero-order valence-electron chi connectivity index (χ0n) is 8.67. The molecule has 0 aliphatic heterocycles. The normalized spacial score (nSPS) is 34.8. The molecule has 3 unspecified atom stereocenters. The Morgan fingerprint density at radius 3 is 2.79 bits per heavy atom. The first kappa shape index (κ1) is 9.97. The maximum absolute atomic E-state index is 11.8. The van der Waals surface area contributed by atoms with Crippen LogP contribution in [0.25, 0.3) is 0 Å². The van der Waals surface area contributed by atoms with Crippen molar-refractivity contribution in [2.45, 2.75) is 32.1 Å². The molecule has 0 saturated heterocycles. The van der Waals surface area contributed by atoms with Gasteiger partial charge in [-0.2, -0.15) is 0 Å². The second kappa shape index (κ2) is 4.30. The molecule has 0 aromatic heterocycles. The molecule has 3 nitrogen and oxygen atoms in total. The number of carbonyl (C=O) groups is 1. The SMILES string of the molecule is NCCCNC(=O)C1CC2CCC1C2. The molecule has 0 aromatic carbocycles. The van der Waals surface area contributed by atoms with Gasteiger partial charge in [0.05, 0.1) is 0 Å². The largest absolute Gasteiger partial charge is 0.356 e. The number of nitrogens with two attached hydrogens (primary N) is 1. The van der Waals surface area contributed by atoms with E-state index < -0.39 is 0 Å². The fraction of sp³-hybridized carbons (Fsp3) is 0.909. The van der Waals surface area contributed by atoms with Crippen molar-refractivity contribution in [3.8, 4) is 0 Å². The van der Waals surface area contributed by atoms with Gasteiger partial charge in [0.25, 0.3) is 0 Å². The first-order valence-corrected chi connectivity index (χ1v) is 5.79. The van der Waals surface area contributed by atoms with Gasteiger partial charge in [-0.1, -0.05) is 6.42 Å². The van der Waals surface area contributed by atoms with Gasteiger partial charge < -0.3 is 11.1 Å². The second-order valence-corrected chi connectivity index (χ2v) is 4.71. The average Bonchev–Trinajstić information content (AvgIpc) is 2.79. The Kier molecular flexibility index (Phi) is 3.06. The Morgan fingerprint density at radius 1 is 1.36 bits per heavy atom. The van der Waals surface area contributed by atoms with Gasteiger partial charge in [0.1, 0.15) is 0 Å². The van der Waals surface area contributed by atoms with E-state index in [0.717, 1.165) is 25.3 Å². The molecular weight excluding hydrogens is 176 g/mol. The highest BCUT2D eigenvalue weighted by molar-refractivity contribution is 5.79. The highest BCUT2D eigenvalue weighted by Crippen LogP contribution is 2.48. The van der Waals surface area contributed by atoms with Crippen LogP contribution in [0.2, 0.25) is 0 Å². The van der Waals surface area contributed by atoms with Gasteiger partial charge in [0, 0.05) is 12.5 Å². The van der Waals surface area contributed by atoms with Crippen LogP contribution in [0.5, 0.6) is 0 Å². The molecule has 2 aliphatic carbocycles. The Bertz CT molecular complexity index is 217. The van der Waals surface area contributed by atoms with E-state index in [1.54, 1.807) is 0 Å². The third-order valence-corrected chi connectivity index (χ3v) is 3.75. The Morgan fingerprint density at radius 2 is 2.21 bits per heavy atom. The summed E-state index contributed by atoms with van der Waals surface area (Å²) in [7, 11) is 0. The van der Waals surface area contributed by atoms with Crippen LogP contribution < -0.4 is 11.1 Å². The molecule has 2 saturated carbocycles. The number of nitrogens with one attached hydrogen (secondary N) is 1. The van der Waals surface area contributed by atoms with E-state index in [-0.39, 0.29) is 5.91 Å². The molecule has 14 heavy (non-hydrogen) atoms. The minimum Gasteiger partial charge on any atom is -0.356 e. The summed E-state index contributed by atoms with van der Waals surface area (Å²) in [5.74, 6) is 2.15. The smallest absolute Gasteiger partial charge is 0.223 e. The topological polar surface area (TPSA) is 55.1 Å². The van der Waals surface area contributed by atoms with E-state index in [1.807, 2.05) is 0 Å². The predicted octanol–water partition coefficient (Wildman–Crippen LogP) is 0.888. The van der Waals surface area contributed by atoms with Crippen molar-refractivity contribution in [3.05, 3.63) is 0 Å². The van der Waals surface area contributed by atoms with Gasteiger partial charge in [-0.3, -0.25) is 4.79 Å². The molecule has 1 amide bonds. The lowest BCUT2D eigenvalue weighted by molar-refractivity contribution is -0.126. The van der Waals surface area contributed by atoms with Gasteiger partial charge in [0.2, 0.25) is 5.91 Å². The van der Waals surface area contributed by atoms with E-state index in [0.29, 0.717) is 18.4 Å². The van der Waals surface area contributed by atoms with Crippen LogP contribution in [-0.2, 0) is 4.79 Å². The van der Waals surface area contributed by atoms with Crippen LogP contribution in [0.4, 0.5) is 0 Å². The summed E-state index contributed by atoms with van der Waals surface area (Å²) in [5.41, 5.74) is 5.38. The van der Waals surface area contributed by atoms with Crippen molar-refractivity contribution in [3.63, 3.8) is 0 Å². The lowest BCUT2D eigenvalue weighted by Crippen LogP contribution is -2.34. The molecule has 0 aromatic rings. The zero-order valence-corrected chi connectivity index (χ0v) is 8.67. The standard InChI is InChI=1S/C11H20N2O/c12-4-1-5-13-11(14)10-7-8-2-3-9(10)6-8/h8-10H,1-7,12H2,(H,13,14). The maximum Gasteiger partial charge on any atom is 0.223 e. The number of hydrogen-bond acceptors (Lipinski definition) is 2. The second-order valence-electron chi connectivity index (χ2n) is 4.71. The quantitative estimate of drug-likeness (QED) is 0.656. The van der Waals surface area contributed by atoms with Crippen molar-refractivity contribution in [2.75, 3.05) is 13.1 Å². The first-order valence-electron chi connectivity index (χ1n) is 5.79. The van der Waals surface area contributed by atoms with Crippen molar-refractivity contribution in [1.82, 2.24) is 5.32 Å². The van der Waals surface area contributed by atoms with E-state index in [1.165, 1.54) is 19.3 Å². The average molecular weight is 196 g/mol. The van der Waals surface area contributed by atoms with E-state index in [2.05, 4.69) is 5.32 Å². The van der Waals surface area contributed by atoms with E-state index >= 15 is 0 Å². The molecule has 3 atom stereocenters. The molecule has 0 radical (unpaired) electrons. The van der Waals surface area contributed by atoms with Crippen LogP contribution in [0.3, 0.4) is 0 Å². The summed E-state index contributed by atoms with van der Waals surface area (Å²) in [5, 5.41) is 2.99. The third-order valence-electron chi connectivity index (χ3n) is 3.75. The number of rotatable bonds is 4. The van der Waals surface area contributed by atoms with Gasteiger partial charge in [0.15, 0.2) is 0 Å². The molecule has 2 aliphatic rings. The van der Waals surface area contributed by atoms with E-state index in [9.17, 15) is 4.79 Å². The summed E-state index contributed by atoms with van der Waals surface area (Å²) in [6.07, 6.45) is 5.97. The number of fused-ring (bicyclic) bond motifs is 2. The van der Waals surface area contributed by atoms with Crippen LogP contribution >= 0.6 is 0 Å². The summed E-state index contributed by atoms with van der Waals surface area (Å²) in [4.78, 5) is 11.8. The highest BCUT2D eigenvalue weighted by Gasteiger charge is 2.42. The summed E-state index contributed by atoms with van der Waals surface area (Å²) in [6.45, 7) is 1.42. The lowest BCUT2D eigenvalue weighted by atomic mass is 9.88. The molecule has 2 rings (SSSR count). The predicted molar refractivity (Wildman–Crippen MR) is 55.6 cm³/mol. The van der Waals surface area contributed by atoms with Crippen LogP contribution in [0.1, 0.15) is 32.1 Å². The highest BCUT2D eigenvalue weighted by atomic mass is 16.1. The number of amides is 1. The lowest BCUT2D eigenvalue weighted by Gasteiger charge is -2.20. The Balaban J connectivity index is 1.75. The van der Waals surface area contributed by atoms with Gasteiger partial charge in [-0.05, 0) is 44.1 Å². The van der Waals surface area contributed by atoms with Crippen molar-refractivity contribution in [1.29, 1.82) is 0 Å². The molecule has 2 bridgehead atoms.